The molecule has 1 saturated heterocycles. The average Bonchev–Trinajstić information content (AvgIpc) is 2.47. The molecule has 25 heavy (non-hydrogen) atoms. The lowest BCUT2D eigenvalue weighted by atomic mass is 9.75. The lowest BCUT2D eigenvalue weighted by Gasteiger charge is -2.58. The summed E-state index contributed by atoms with van der Waals surface area (Å²) in [7, 11) is -3.19. The highest BCUT2D eigenvalue weighted by molar-refractivity contribution is 6.96. The van der Waals surface area contributed by atoms with E-state index in [1.807, 2.05) is 18.2 Å². The second kappa shape index (κ2) is 6.84. The highest BCUT2D eigenvalue weighted by Crippen LogP contribution is 2.43. The summed E-state index contributed by atoms with van der Waals surface area (Å²) >= 11 is 0. The van der Waals surface area contributed by atoms with Crippen LogP contribution in [0.4, 0.5) is 0 Å². The molecule has 1 aliphatic heterocycles. The van der Waals surface area contributed by atoms with Gasteiger partial charge in [-0.15, -0.1) is 0 Å². The molecule has 5 heteroatoms. The molecule has 0 saturated carbocycles. The molecule has 0 radical (unpaired) electrons. The van der Waals surface area contributed by atoms with E-state index in [0.29, 0.717) is 5.29 Å². The van der Waals surface area contributed by atoms with Gasteiger partial charge in [-0.2, -0.15) is 0 Å². The summed E-state index contributed by atoms with van der Waals surface area (Å²) in [6, 6.07) is 10.3. The van der Waals surface area contributed by atoms with Crippen molar-refractivity contribution >= 4 is 27.8 Å². The number of amides is 1. The van der Waals surface area contributed by atoms with Gasteiger partial charge in [-0.25, -0.2) is 0 Å². The van der Waals surface area contributed by atoms with Crippen LogP contribution in [-0.4, -0.2) is 44.1 Å². The molecule has 3 nitrogen and oxygen atoms in total. The van der Waals surface area contributed by atoms with Gasteiger partial charge in [0.1, 0.15) is 11.7 Å². The SMILES string of the molecule is CC(=O)C1C(=O)N(C([Si](C)(C)C)[Si](C)(C)C)C1C(C)c1ccccc1. The van der Waals surface area contributed by atoms with Gasteiger partial charge in [0.15, 0.2) is 0 Å². The second-order valence-corrected chi connectivity index (χ2v) is 20.8. The van der Waals surface area contributed by atoms with E-state index in [1.54, 1.807) is 6.92 Å². The molecule has 138 valence electrons. The molecule has 0 aliphatic carbocycles. The van der Waals surface area contributed by atoms with E-state index in [4.69, 9.17) is 0 Å². The monoisotopic (exact) mass is 375 g/mol. The number of β-lactam (4-membered cyclic amide) rings is 1. The summed E-state index contributed by atoms with van der Waals surface area (Å²) in [6.07, 6.45) is 0. The Morgan fingerprint density at radius 2 is 1.48 bits per heavy atom. The van der Waals surface area contributed by atoms with Gasteiger partial charge < -0.3 is 4.90 Å². The van der Waals surface area contributed by atoms with Crippen LogP contribution in [0.1, 0.15) is 25.3 Å². The minimum absolute atomic E-state index is 0.00384. The maximum atomic E-state index is 13.0. The second-order valence-electron chi connectivity index (χ2n) is 9.66. The van der Waals surface area contributed by atoms with Crippen LogP contribution in [0.25, 0.3) is 0 Å². The third-order valence-corrected chi connectivity index (χ3v) is 14.4. The van der Waals surface area contributed by atoms with Crippen molar-refractivity contribution in [3.8, 4) is 0 Å². The Labute approximate surface area is 154 Å². The Morgan fingerprint density at radius 3 is 1.88 bits per heavy atom. The minimum Gasteiger partial charge on any atom is -0.340 e. The van der Waals surface area contributed by atoms with Crippen LogP contribution in [0, 0.1) is 5.92 Å². The Bertz CT molecular complexity index is 632. The summed E-state index contributed by atoms with van der Waals surface area (Å²) in [5, 5.41) is 0.347. The van der Waals surface area contributed by atoms with Crippen LogP contribution in [0.15, 0.2) is 30.3 Å². The zero-order chi connectivity index (χ0) is 19.2. The van der Waals surface area contributed by atoms with Crippen LogP contribution >= 0.6 is 0 Å². The van der Waals surface area contributed by atoms with Crippen LogP contribution in [-0.2, 0) is 9.59 Å². The van der Waals surface area contributed by atoms with Crippen molar-refractivity contribution in [2.75, 3.05) is 0 Å². The molecule has 1 aliphatic rings. The molecular formula is C20H33NO2Si2. The van der Waals surface area contributed by atoms with Crippen molar-refractivity contribution in [3.63, 3.8) is 0 Å². The molecule has 1 fully saturated rings. The minimum atomic E-state index is -1.59. The first-order valence-corrected chi connectivity index (χ1v) is 16.4. The van der Waals surface area contributed by atoms with Crippen LogP contribution in [0.2, 0.25) is 39.3 Å². The van der Waals surface area contributed by atoms with Gasteiger partial charge in [0.25, 0.3) is 0 Å². The number of carbonyl (C=O) groups excluding carboxylic acids is 2. The Balaban J connectivity index is 2.48. The first kappa shape index (κ1) is 20.1. The van der Waals surface area contributed by atoms with Crippen LogP contribution in [0.3, 0.4) is 0 Å². The van der Waals surface area contributed by atoms with E-state index in [0.717, 1.165) is 0 Å². The fourth-order valence-corrected chi connectivity index (χ4v) is 17.5. The standard InChI is InChI=1S/C20H33NO2Si2/c1-14(16-12-10-9-11-13-16)18-17(15(2)22)19(23)21(18)20(24(3,4)5)25(6,7)8/h9-14,17-18,20H,1-8H3. The van der Waals surface area contributed by atoms with Gasteiger partial charge >= 0.3 is 0 Å². The highest BCUT2D eigenvalue weighted by atomic mass is 28.4. The quantitative estimate of drug-likeness (QED) is 0.421. The van der Waals surface area contributed by atoms with Crippen LogP contribution in [0.5, 0.6) is 0 Å². The first-order valence-electron chi connectivity index (χ1n) is 9.25. The normalized spacial score (nSPS) is 22.8. The fraction of sp³-hybridized carbons (Fsp3) is 0.600. The average molecular weight is 376 g/mol. The molecule has 1 amide bonds. The zero-order valence-electron chi connectivity index (χ0n) is 17.0. The smallest absolute Gasteiger partial charge is 0.235 e. The van der Waals surface area contributed by atoms with Gasteiger partial charge in [0, 0.05) is 11.2 Å². The molecule has 0 N–H and O–H groups in total. The van der Waals surface area contributed by atoms with Gasteiger partial charge in [-0.1, -0.05) is 76.5 Å². The summed E-state index contributed by atoms with van der Waals surface area (Å²) in [4.78, 5) is 27.4. The molecule has 1 heterocycles. The van der Waals surface area contributed by atoms with Crippen molar-refractivity contribution in [2.45, 2.75) is 70.4 Å². The Kier molecular flexibility index (Phi) is 5.50. The van der Waals surface area contributed by atoms with Crippen molar-refractivity contribution in [3.05, 3.63) is 35.9 Å². The van der Waals surface area contributed by atoms with E-state index in [9.17, 15) is 9.59 Å². The number of nitrogens with zero attached hydrogens (tertiary/aromatic N) is 1. The molecule has 0 aromatic heterocycles. The number of hydrogen-bond acceptors (Lipinski definition) is 2. The topological polar surface area (TPSA) is 37.4 Å². The predicted molar refractivity (Wildman–Crippen MR) is 110 cm³/mol. The molecular weight excluding hydrogens is 342 g/mol. The van der Waals surface area contributed by atoms with Crippen molar-refractivity contribution in [1.82, 2.24) is 4.90 Å². The van der Waals surface area contributed by atoms with E-state index in [-0.39, 0.29) is 23.7 Å². The van der Waals surface area contributed by atoms with E-state index >= 15 is 0 Å². The van der Waals surface area contributed by atoms with Crippen molar-refractivity contribution < 1.29 is 9.59 Å². The van der Waals surface area contributed by atoms with Crippen molar-refractivity contribution in [2.24, 2.45) is 5.92 Å². The highest BCUT2D eigenvalue weighted by Gasteiger charge is 2.59. The lowest BCUT2D eigenvalue weighted by molar-refractivity contribution is -0.162. The van der Waals surface area contributed by atoms with Gasteiger partial charge in [0.05, 0.1) is 22.2 Å². The number of rotatable bonds is 6. The Morgan fingerprint density at radius 1 is 1.00 bits per heavy atom. The third-order valence-electron chi connectivity index (χ3n) is 5.38. The lowest BCUT2D eigenvalue weighted by Crippen LogP contribution is -2.76. The van der Waals surface area contributed by atoms with E-state index < -0.39 is 22.1 Å². The number of likely N-dealkylation sites (tertiary alicyclic amines) is 1. The summed E-state index contributed by atoms with van der Waals surface area (Å²) in [6.45, 7) is 17.9. The fourth-order valence-electron chi connectivity index (χ4n) is 4.86. The molecule has 0 bridgehead atoms. The number of carbonyl (C=O) groups is 2. The number of hydrogen-bond donors (Lipinski definition) is 0. The summed E-state index contributed by atoms with van der Waals surface area (Å²) in [5.41, 5.74) is 1.21. The number of ketones is 1. The zero-order valence-corrected chi connectivity index (χ0v) is 19.0. The maximum absolute atomic E-state index is 13.0. The summed E-state index contributed by atoms with van der Waals surface area (Å²) in [5.74, 6) is -0.220. The maximum Gasteiger partial charge on any atom is 0.235 e. The third kappa shape index (κ3) is 3.82. The van der Waals surface area contributed by atoms with E-state index in [2.05, 4.69) is 63.2 Å². The van der Waals surface area contributed by atoms with Gasteiger partial charge in [-0.05, 0) is 12.5 Å². The molecule has 1 aromatic rings. The molecule has 0 spiro atoms. The predicted octanol–water partition coefficient (Wildman–Crippen LogP) is 4.33. The van der Waals surface area contributed by atoms with E-state index in [1.165, 1.54) is 5.56 Å². The van der Waals surface area contributed by atoms with Crippen LogP contribution < -0.4 is 0 Å². The number of benzene rings is 1. The Hall–Kier alpha value is -1.21. The summed E-state index contributed by atoms with van der Waals surface area (Å²) < 4.78 is 0. The van der Waals surface area contributed by atoms with Gasteiger partial charge in [-0.3, -0.25) is 9.59 Å². The van der Waals surface area contributed by atoms with Crippen molar-refractivity contribution in [1.29, 1.82) is 0 Å². The number of Topliss-reactive ketones (excluding diaryl/α,β-unsaturated/α-hetero) is 1. The molecule has 2 rings (SSSR count). The largest absolute Gasteiger partial charge is 0.340 e. The molecule has 3 unspecified atom stereocenters. The molecule has 3 atom stereocenters. The van der Waals surface area contributed by atoms with Gasteiger partial charge in [0.2, 0.25) is 5.91 Å². The molecule has 1 aromatic carbocycles. The first-order chi connectivity index (χ1) is 11.4.